The van der Waals surface area contributed by atoms with Crippen molar-refractivity contribution >= 4 is 29.1 Å². The number of rotatable bonds is 5. The molecule has 0 saturated heterocycles. The molecule has 0 aliphatic heterocycles. The van der Waals surface area contributed by atoms with Crippen molar-refractivity contribution < 1.29 is 4.74 Å². The predicted octanol–water partition coefficient (Wildman–Crippen LogP) is 3.44. The molecule has 0 aliphatic carbocycles. The number of hydrogen-bond donors (Lipinski definition) is 1. The lowest BCUT2D eigenvalue weighted by Gasteiger charge is -2.12. The fourth-order valence-electron chi connectivity index (χ4n) is 1.19. The molecule has 84 valence electrons. The van der Waals surface area contributed by atoms with Crippen molar-refractivity contribution in [2.24, 2.45) is 0 Å². The van der Waals surface area contributed by atoms with Crippen molar-refractivity contribution in [3.05, 3.63) is 23.2 Å². The minimum absolute atomic E-state index is 0.494. The Labute approximate surface area is 100 Å². The first-order valence-electron chi connectivity index (χ1n) is 4.84. The molecule has 0 fully saturated rings. The number of methoxy groups -OCH3 is 1. The van der Waals surface area contributed by atoms with E-state index in [1.54, 1.807) is 24.9 Å². The first-order chi connectivity index (χ1) is 7.13. The second-order valence-corrected chi connectivity index (χ2v) is 5.31. The lowest BCUT2D eigenvalue weighted by atomic mass is 10.3. The van der Waals surface area contributed by atoms with E-state index in [2.05, 4.69) is 6.92 Å². The van der Waals surface area contributed by atoms with Gasteiger partial charge in [0.15, 0.2) is 0 Å². The Morgan fingerprint density at radius 3 is 2.87 bits per heavy atom. The van der Waals surface area contributed by atoms with Gasteiger partial charge in [-0.2, -0.15) is 0 Å². The number of benzene rings is 1. The fraction of sp³-hybridized carbons (Fsp3) is 0.455. The summed E-state index contributed by atoms with van der Waals surface area (Å²) in [6.45, 7) is 2.94. The summed E-state index contributed by atoms with van der Waals surface area (Å²) in [4.78, 5) is 1.09. The number of anilines is 1. The van der Waals surface area contributed by atoms with Crippen LogP contribution in [0.5, 0.6) is 0 Å². The number of hydrogen-bond acceptors (Lipinski definition) is 3. The van der Waals surface area contributed by atoms with Gasteiger partial charge in [-0.3, -0.25) is 0 Å². The average Bonchev–Trinajstić information content (AvgIpc) is 2.19. The van der Waals surface area contributed by atoms with Gasteiger partial charge in [0.25, 0.3) is 0 Å². The van der Waals surface area contributed by atoms with Crippen LogP contribution in [0.15, 0.2) is 23.1 Å². The summed E-state index contributed by atoms with van der Waals surface area (Å²) < 4.78 is 5.03. The van der Waals surface area contributed by atoms with Crippen molar-refractivity contribution in [1.29, 1.82) is 0 Å². The molecule has 0 spiro atoms. The molecule has 4 heteroatoms. The quantitative estimate of drug-likeness (QED) is 0.638. The fourth-order valence-corrected chi connectivity index (χ4v) is 2.36. The molecule has 1 aromatic rings. The van der Waals surface area contributed by atoms with Gasteiger partial charge in [0.05, 0.1) is 0 Å². The molecular weight excluding hydrogens is 230 g/mol. The van der Waals surface area contributed by atoms with Gasteiger partial charge >= 0.3 is 0 Å². The Hall–Kier alpha value is -0.380. The minimum atomic E-state index is 0.494. The van der Waals surface area contributed by atoms with Gasteiger partial charge in [0, 0.05) is 34.6 Å². The standard InChI is InChI=1S/C11H16ClNOS/c1-8(5-6-14-2)15-11-4-3-9(12)7-10(11)13/h3-4,7-8H,5-6,13H2,1-2H3. The largest absolute Gasteiger partial charge is 0.398 e. The van der Waals surface area contributed by atoms with Crippen LogP contribution >= 0.6 is 23.4 Å². The number of nitrogens with two attached hydrogens (primary N) is 1. The van der Waals surface area contributed by atoms with Crippen LogP contribution in [-0.2, 0) is 4.74 Å². The number of thioether (sulfide) groups is 1. The first-order valence-corrected chi connectivity index (χ1v) is 6.10. The zero-order valence-electron chi connectivity index (χ0n) is 9.00. The van der Waals surface area contributed by atoms with E-state index in [4.69, 9.17) is 22.1 Å². The van der Waals surface area contributed by atoms with Gasteiger partial charge in [-0.25, -0.2) is 0 Å². The third-order valence-corrected chi connectivity index (χ3v) is 3.53. The predicted molar refractivity (Wildman–Crippen MR) is 67.7 cm³/mol. The van der Waals surface area contributed by atoms with Gasteiger partial charge in [-0.15, -0.1) is 11.8 Å². The van der Waals surface area contributed by atoms with Crippen LogP contribution in [0.2, 0.25) is 5.02 Å². The second-order valence-electron chi connectivity index (χ2n) is 3.39. The minimum Gasteiger partial charge on any atom is -0.398 e. The van der Waals surface area contributed by atoms with Crippen LogP contribution in [-0.4, -0.2) is 19.0 Å². The second kappa shape index (κ2) is 6.26. The van der Waals surface area contributed by atoms with E-state index in [0.29, 0.717) is 10.3 Å². The highest BCUT2D eigenvalue weighted by atomic mass is 35.5. The summed E-state index contributed by atoms with van der Waals surface area (Å²) in [6, 6.07) is 5.61. The van der Waals surface area contributed by atoms with E-state index in [9.17, 15) is 0 Å². The Morgan fingerprint density at radius 1 is 1.53 bits per heavy atom. The summed E-state index contributed by atoms with van der Waals surface area (Å²) in [6.07, 6.45) is 1.02. The van der Waals surface area contributed by atoms with E-state index in [0.717, 1.165) is 23.6 Å². The van der Waals surface area contributed by atoms with Crippen LogP contribution in [0, 0.1) is 0 Å². The maximum atomic E-state index is 5.86. The van der Waals surface area contributed by atoms with E-state index in [1.165, 1.54) is 0 Å². The Balaban J connectivity index is 2.56. The highest BCUT2D eigenvalue weighted by molar-refractivity contribution is 8.00. The molecule has 2 nitrogen and oxygen atoms in total. The highest BCUT2D eigenvalue weighted by Crippen LogP contribution is 2.31. The summed E-state index contributed by atoms with van der Waals surface area (Å²) in [5, 5.41) is 1.18. The topological polar surface area (TPSA) is 35.2 Å². The number of ether oxygens (including phenoxy) is 1. The summed E-state index contributed by atoms with van der Waals surface area (Å²) in [5.74, 6) is 0. The molecule has 1 aromatic carbocycles. The van der Waals surface area contributed by atoms with Crippen LogP contribution < -0.4 is 5.73 Å². The third-order valence-electron chi connectivity index (χ3n) is 2.03. The van der Waals surface area contributed by atoms with E-state index < -0.39 is 0 Å². The van der Waals surface area contributed by atoms with Crippen LogP contribution in [0.3, 0.4) is 0 Å². The lowest BCUT2D eigenvalue weighted by molar-refractivity contribution is 0.195. The molecule has 0 heterocycles. The summed E-state index contributed by atoms with van der Waals surface area (Å²) in [5.41, 5.74) is 6.61. The normalized spacial score (nSPS) is 12.7. The molecule has 0 saturated carbocycles. The van der Waals surface area contributed by atoms with Gasteiger partial charge in [0.1, 0.15) is 0 Å². The zero-order chi connectivity index (χ0) is 11.3. The smallest absolute Gasteiger partial charge is 0.0472 e. The van der Waals surface area contributed by atoms with E-state index >= 15 is 0 Å². The Bertz CT molecular complexity index is 319. The lowest BCUT2D eigenvalue weighted by Crippen LogP contribution is -2.02. The van der Waals surface area contributed by atoms with Crippen LogP contribution in [0.25, 0.3) is 0 Å². The van der Waals surface area contributed by atoms with Crippen LogP contribution in [0.1, 0.15) is 13.3 Å². The number of halogens is 1. The van der Waals surface area contributed by atoms with E-state index in [1.807, 2.05) is 12.1 Å². The molecule has 0 aliphatic rings. The molecule has 0 bridgehead atoms. The molecule has 1 unspecified atom stereocenters. The van der Waals surface area contributed by atoms with Gasteiger partial charge in [-0.1, -0.05) is 18.5 Å². The maximum Gasteiger partial charge on any atom is 0.0472 e. The molecule has 2 N–H and O–H groups in total. The first kappa shape index (κ1) is 12.7. The van der Waals surface area contributed by atoms with Gasteiger partial charge in [0.2, 0.25) is 0 Å². The Kier molecular flexibility index (Phi) is 5.29. The molecular formula is C11H16ClNOS. The molecule has 15 heavy (non-hydrogen) atoms. The third kappa shape index (κ3) is 4.33. The molecule has 0 amide bonds. The van der Waals surface area contributed by atoms with Gasteiger partial charge in [-0.05, 0) is 24.6 Å². The number of nitrogen functional groups attached to an aromatic ring is 1. The average molecular weight is 246 g/mol. The van der Waals surface area contributed by atoms with Crippen molar-refractivity contribution in [1.82, 2.24) is 0 Å². The highest BCUT2D eigenvalue weighted by Gasteiger charge is 2.07. The zero-order valence-corrected chi connectivity index (χ0v) is 10.6. The van der Waals surface area contributed by atoms with Gasteiger partial charge < -0.3 is 10.5 Å². The molecule has 1 atom stereocenters. The Morgan fingerprint density at radius 2 is 2.27 bits per heavy atom. The summed E-state index contributed by atoms with van der Waals surface area (Å²) in [7, 11) is 1.72. The monoisotopic (exact) mass is 245 g/mol. The SMILES string of the molecule is COCCC(C)Sc1ccc(Cl)cc1N. The summed E-state index contributed by atoms with van der Waals surface area (Å²) >= 11 is 7.58. The molecule has 0 radical (unpaired) electrons. The van der Waals surface area contributed by atoms with Crippen molar-refractivity contribution in [3.63, 3.8) is 0 Å². The molecule has 1 rings (SSSR count). The van der Waals surface area contributed by atoms with Crippen molar-refractivity contribution in [2.75, 3.05) is 19.5 Å². The van der Waals surface area contributed by atoms with Crippen molar-refractivity contribution in [3.8, 4) is 0 Å². The molecule has 0 aromatic heterocycles. The van der Waals surface area contributed by atoms with Crippen LogP contribution in [0.4, 0.5) is 5.69 Å². The van der Waals surface area contributed by atoms with Crippen molar-refractivity contribution in [2.45, 2.75) is 23.5 Å². The maximum absolute atomic E-state index is 5.86. The van der Waals surface area contributed by atoms with E-state index in [-0.39, 0.29) is 0 Å².